The molecule has 8 heteroatoms. The number of aryl methyl sites for hydroxylation is 2. The summed E-state index contributed by atoms with van der Waals surface area (Å²) in [5.41, 5.74) is 4.26. The minimum Gasteiger partial charge on any atom is -0.349 e. The first-order chi connectivity index (χ1) is 15.2. The van der Waals surface area contributed by atoms with E-state index in [1.54, 1.807) is 18.2 Å². The van der Waals surface area contributed by atoms with Crippen LogP contribution in [0.5, 0.6) is 0 Å². The molecule has 0 spiro atoms. The van der Waals surface area contributed by atoms with Crippen molar-refractivity contribution in [2.75, 3.05) is 13.1 Å². The summed E-state index contributed by atoms with van der Waals surface area (Å²) in [6.07, 6.45) is 4.71. The number of nitrogens with one attached hydrogen (secondary N) is 1. The summed E-state index contributed by atoms with van der Waals surface area (Å²) >= 11 is 12.3. The Morgan fingerprint density at radius 3 is 2.59 bits per heavy atom. The molecule has 1 amide bonds. The number of sulfonamides is 1. The highest BCUT2D eigenvalue weighted by atomic mass is 35.5. The van der Waals surface area contributed by atoms with Gasteiger partial charge in [0.05, 0.1) is 17.7 Å². The number of halogens is 2. The molecule has 32 heavy (non-hydrogen) atoms. The van der Waals surface area contributed by atoms with E-state index in [1.165, 1.54) is 21.9 Å². The lowest BCUT2D eigenvalue weighted by atomic mass is 9.97. The first kappa shape index (κ1) is 23.6. The predicted octanol–water partition coefficient (Wildman–Crippen LogP) is 4.90. The quantitative estimate of drug-likeness (QED) is 0.620. The van der Waals surface area contributed by atoms with E-state index < -0.39 is 10.0 Å². The summed E-state index contributed by atoms with van der Waals surface area (Å²) < 4.78 is 27.5. The van der Waals surface area contributed by atoms with Gasteiger partial charge in [0, 0.05) is 28.7 Å². The van der Waals surface area contributed by atoms with Crippen LogP contribution in [0, 0.1) is 5.92 Å². The molecular weight excluding hydrogens is 467 g/mol. The Labute approximate surface area is 200 Å². The van der Waals surface area contributed by atoms with E-state index >= 15 is 0 Å². The Kier molecular flexibility index (Phi) is 7.15. The first-order valence-electron chi connectivity index (χ1n) is 11.1. The molecule has 4 rings (SSSR count). The highest BCUT2D eigenvalue weighted by Crippen LogP contribution is 2.30. The fourth-order valence-electron chi connectivity index (χ4n) is 4.63. The maximum absolute atomic E-state index is 13.1. The minimum absolute atomic E-state index is 0.103. The smallest absolute Gasteiger partial charge is 0.224 e. The van der Waals surface area contributed by atoms with Crippen molar-refractivity contribution in [3.05, 3.63) is 68.7 Å². The fourth-order valence-corrected chi connectivity index (χ4v) is 6.99. The molecule has 2 aromatic carbocycles. The molecule has 2 unspecified atom stereocenters. The fraction of sp³-hybridized carbons (Fsp3) is 0.458. The molecule has 1 saturated heterocycles. The normalized spacial score (nSPS) is 20.0. The lowest BCUT2D eigenvalue weighted by Gasteiger charge is -2.32. The van der Waals surface area contributed by atoms with Gasteiger partial charge in [-0.05, 0) is 67.9 Å². The Hall–Kier alpha value is -1.60. The predicted molar refractivity (Wildman–Crippen MR) is 128 cm³/mol. The van der Waals surface area contributed by atoms with Gasteiger partial charge in [-0.1, -0.05) is 47.5 Å². The van der Waals surface area contributed by atoms with Crippen molar-refractivity contribution in [2.45, 2.75) is 50.8 Å². The lowest BCUT2D eigenvalue weighted by Crippen LogP contribution is -2.46. The molecule has 0 radical (unpaired) electrons. The second-order valence-corrected chi connectivity index (χ2v) is 11.5. The van der Waals surface area contributed by atoms with Gasteiger partial charge in [0.1, 0.15) is 0 Å². The SMILES string of the molecule is CC(NC(=O)C1CCCN(S(=O)(=O)Cc2c(Cl)cccc2Cl)C1)c1ccc2c(c1)CCC2. The van der Waals surface area contributed by atoms with Crippen molar-refractivity contribution in [2.24, 2.45) is 5.92 Å². The number of piperidine rings is 1. The average Bonchev–Trinajstić information content (AvgIpc) is 3.24. The number of hydrogen-bond donors (Lipinski definition) is 1. The number of carbonyl (C=O) groups is 1. The van der Waals surface area contributed by atoms with Gasteiger partial charge in [-0.2, -0.15) is 0 Å². The molecule has 0 bridgehead atoms. The van der Waals surface area contributed by atoms with Crippen LogP contribution in [0.1, 0.15) is 54.5 Å². The Morgan fingerprint density at radius 1 is 1.12 bits per heavy atom. The van der Waals surface area contributed by atoms with Gasteiger partial charge < -0.3 is 5.32 Å². The van der Waals surface area contributed by atoms with Crippen molar-refractivity contribution in [1.82, 2.24) is 9.62 Å². The summed E-state index contributed by atoms with van der Waals surface area (Å²) in [4.78, 5) is 13.0. The van der Waals surface area contributed by atoms with Crippen LogP contribution in [0.15, 0.2) is 36.4 Å². The van der Waals surface area contributed by atoms with Crippen LogP contribution in [0.2, 0.25) is 10.0 Å². The van der Waals surface area contributed by atoms with Gasteiger partial charge in [0.25, 0.3) is 0 Å². The highest BCUT2D eigenvalue weighted by Gasteiger charge is 2.33. The van der Waals surface area contributed by atoms with Gasteiger partial charge in [0.2, 0.25) is 15.9 Å². The van der Waals surface area contributed by atoms with Gasteiger partial charge in [-0.25, -0.2) is 12.7 Å². The van der Waals surface area contributed by atoms with E-state index in [1.807, 2.05) is 6.92 Å². The van der Waals surface area contributed by atoms with Crippen LogP contribution in [0.3, 0.4) is 0 Å². The Morgan fingerprint density at radius 2 is 1.84 bits per heavy atom. The lowest BCUT2D eigenvalue weighted by molar-refractivity contribution is -0.126. The zero-order valence-corrected chi connectivity index (χ0v) is 20.4. The second kappa shape index (κ2) is 9.72. The Balaban J connectivity index is 1.41. The minimum atomic E-state index is -3.65. The van der Waals surface area contributed by atoms with E-state index in [0.717, 1.165) is 18.4 Å². The van der Waals surface area contributed by atoms with E-state index in [-0.39, 0.29) is 30.2 Å². The van der Waals surface area contributed by atoms with Gasteiger partial charge in [-0.15, -0.1) is 0 Å². The van der Waals surface area contributed by atoms with Crippen molar-refractivity contribution in [3.63, 3.8) is 0 Å². The number of benzene rings is 2. The van der Waals surface area contributed by atoms with Crippen LogP contribution in [-0.2, 0) is 33.4 Å². The molecule has 2 aliphatic rings. The third kappa shape index (κ3) is 5.14. The van der Waals surface area contributed by atoms with Crippen LogP contribution >= 0.6 is 23.2 Å². The second-order valence-electron chi connectivity index (χ2n) is 8.77. The molecule has 1 aliphatic heterocycles. The maximum Gasteiger partial charge on any atom is 0.224 e. The molecule has 2 aromatic rings. The summed E-state index contributed by atoms with van der Waals surface area (Å²) in [5, 5.41) is 3.75. The molecule has 1 fully saturated rings. The standard InChI is InChI=1S/C24H28Cl2N2O3S/c1-16(18-11-10-17-5-2-6-19(17)13-18)27-24(29)20-7-4-12-28(14-20)32(30,31)15-21-22(25)8-3-9-23(21)26/h3,8-11,13,16,20H,2,4-7,12,14-15H2,1H3,(H,27,29). The zero-order chi connectivity index (χ0) is 22.9. The van der Waals surface area contributed by atoms with Crippen molar-refractivity contribution in [3.8, 4) is 0 Å². The summed E-state index contributed by atoms with van der Waals surface area (Å²) in [7, 11) is -3.65. The van der Waals surface area contributed by atoms with Gasteiger partial charge >= 0.3 is 0 Å². The zero-order valence-electron chi connectivity index (χ0n) is 18.1. The third-order valence-electron chi connectivity index (χ3n) is 6.52. The number of amides is 1. The molecule has 0 saturated carbocycles. The first-order valence-corrected chi connectivity index (χ1v) is 13.4. The number of carbonyl (C=O) groups excluding carboxylic acids is 1. The van der Waals surface area contributed by atoms with Crippen molar-refractivity contribution >= 4 is 39.1 Å². The van der Waals surface area contributed by atoms with Crippen LogP contribution in [-0.4, -0.2) is 31.7 Å². The molecule has 2 atom stereocenters. The molecule has 1 N–H and O–H groups in total. The molecule has 5 nitrogen and oxygen atoms in total. The average molecular weight is 495 g/mol. The monoisotopic (exact) mass is 494 g/mol. The number of hydrogen-bond acceptors (Lipinski definition) is 3. The van der Waals surface area contributed by atoms with Crippen molar-refractivity contribution in [1.29, 1.82) is 0 Å². The van der Waals surface area contributed by atoms with Gasteiger partial charge in [0.15, 0.2) is 0 Å². The Bertz CT molecular complexity index is 1100. The maximum atomic E-state index is 13.1. The topological polar surface area (TPSA) is 66.5 Å². The van der Waals surface area contributed by atoms with Crippen molar-refractivity contribution < 1.29 is 13.2 Å². The molecule has 0 aromatic heterocycles. The number of nitrogens with zero attached hydrogens (tertiary/aromatic N) is 1. The molecule has 1 aliphatic carbocycles. The van der Waals surface area contributed by atoms with Crippen LogP contribution in [0.4, 0.5) is 0 Å². The van der Waals surface area contributed by atoms with Crippen LogP contribution < -0.4 is 5.32 Å². The van der Waals surface area contributed by atoms with E-state index in [0.29, 0.717) is 35.0 Å². The number of fused-ring (bicyclic) bond motifs is 1. The van der Waals surface area contributed by atoms with E-state index in [4.69, 9.17) is 23.2 Å². The third-order valence-corrected chi connectivity index (χ3v) is 9.00. The van der Waals surface area contributed by atoms with E-state index in [9.17, 15) is 13.2 Å². The summed E-state index contributed by atoms with van der Waals surface area (Å²) in [5.74, 6) is -0.753. The summed E-state index contributed by atoms with van der Waals surface area (Å²) in [6, 6.07) is 11.3. The van der Waals surface area contributed by atoms with E-state index in [2.05, 4.69) is 23.5 Å². The molecule has 172 valence electrons. The highest BCUT2D eigenvalue weighted by molar-refractivity contribution is 7.88. The molecule has 1 heterocycles. The summed E-state index contributed by atoms with van der Waals surface area (Å²) in [6.45, 7) is 2.55. The largest absolute Gasteiger partial charge is 0.349 e. The number of rotatable bonds is 6. The van der Waals surface area contributed by atoms with Gasteiger partial charge in [-0.3, -0.25) is 4.79 Å². The van der Waals surface area contributed by atoms with Crippen LogP contribution in [0.25, 0.3) is 0 Å². The molecular formula is C24H28Cl2N2O3S.